The Morgan fingerprint density at radius 3 is 2.16 bits per heavy atom. The van der Waals surface area contributed by atoms with Gasteiger partial charge in [-0.15, -0.1) is 11.8 Å². The minimum absolute atomic E-state index is 0.0460. The van der Waals surface area contributed by atoms with Crippen molar-refractivity contribution in [2.24, 2.45) is 0 Å². The van der Waals surface area contributed by atoms with Gasteiger partial charge in [-0.3, -0.25) is 24.5 Å². The Bertz CT molecular complexity index is 2210. The number of amides is 3. The number of carbonyl (C=O) groups excluding carboxylic acids is 3. The van der Waals surface area contributed by atoms with Gasteiger partial charge in [0.1, 0.15) is 5.70 Å². The topological polar surface area (TPSA) is 135 Å². The second-order valence-electron chi connectivity index (χ2n) is 11.0. The summed E-state index contributed by atoms with van der Waals surface area (Å²) in [4.78, 5) is 50.5. The van der Waals surface area contributed by atoms with E-state index in [9.17, 15) is 24.5 Å². The largest absolute Gasteiger partial charge is 0.341 e. The quantitative estimate of drug-likeness (QED) is 0.0556. The van der Waals surface area contributed by atoms with Crippen LogP contribution in [-0.2, 0) is 16.1 Å². The highest BCUT2D eigenvalue weighted by Crippen LogP contribution is 2.31. The molecule has 0 aliphatic rings. The molecule has 0 saturated heterocycles. The van der Waals surface area contributed by atoms with E-state index in [0.717, 1.165) is 38.9 Å². The van der Waals surface area contributed by atoms with Crippen molar-refractivity contribution in [2.45, 2.75) is 18.4 Å². The van der Waals surface area contributed by atoms with Crippen molar-refractivity contribution in [1.82, 2.24) is 9.88 Å². The molecular formula is C38H31N5O5S. The molecule has 1 heterocycles. The third-order valence-electron chi connectivity index (χ3n) is 7.80. The number of nitrogens with one attached hydrogen (secondary N) is 3. The maximum Gasteiger partial charge on any atom is 0.272 e. The van der Waals surface area contributed by atoms with E-state index >= 15 is 0 Å². The minimum atomic E-state index is -0.582. The van der Waals surface area contributed by atoms with Crippen LogP contribution in [0, 0.1) is 10.1 Å². The first-order chi connectivity index (χ1) is 23.8. The SMILES string of the molecule is CCn1c2ccccc2c2cc(NC(=O)CSc3ccc(NC(=O)/C(=C/c4ccc([N+](=O)[O-])cc4)NC(=O)c4ccccc4)cc3)ccc21. The summed E-state index contributed by atoms with van der Waals surface area (Å²) in [5.74, 6) is -1.02. The number of nitro groups is 1. The molecule has 3 amide bonds. The van der Waals surface area contributed by atoms with Crippen molar-refractivity contribution >= 4 is 74.4 Å². The molecule has 0 unspecified atom stereocenters. The van der Waals surface area contributed by atoms with Gasteiger partial charge in [0.2, 0.25) is 5.91 Å². The fourth-order valence-electron chi connectivity index (χ4n) is 5.45. The molecule has 0 saturated carbocycles. The van der Waals surface area contributed by atoms with Crippen LogP contribution in [-0.4, -0.2) is 33.0 Å². The number of aromatic nitrogens is 1. The van der Waals surface area contributed by atoms with Crippen molar-refractivity contribution in [3.8, 4) is 0 Å². The van der Waals surface area contributed by atoms with Gasteiger partial charge in [0.15, 0.2) is 0 Å². The Morgan fingerprint density at radius 2 is 1.45 bits per heavy atom. The van der Waals surface area contributed by atoms with Gasteiger partial charge >= 0.3 is 0 Å². The average molecular weight is 670 g/mol. The van der Waals surface area contributed by atoms with E-state index < -0.39 is 16.7 Å². The highest BCUT2D eigenvalue weighted by Gasteiger charge is 2.16. The van der Waals surface area contributed by atoms with Crippen molar-refractivity contribution < 1.29 is 19.3 Å². The van der Waals surface area contributed by atoms with Crippen LogP contribution < -0.4 is 16.0 Å². The fourth-order valence-corrected chi connectivity index (χ4v) is 6.15. The third kappa shape index (κ3) is 7.69. The van der Waals surface area contributed by atoms with Gasteiger partial charge in [-0.2, -0.15) is 0 Å². The molecule has 6 rings (SSSR count). The molecule has 10 nitrogen and oxygen atoms in total. The highest BCUT2D eigenvalue weighted by molar-refractivity contribution is 8.00. The lowest BCUT2D eigenvalue weighted by Gasteiger charge is -2.12. The van der Waals surface area contributed by atoms with Gasteiger partial charge in [0.05, 0.1) is 10.7 Å². The Morgan fingerprint density at radius 1 is 0.776 bits per heavy atom. The molecule has 1 aromatic heterocycles. The number of fused-ring (bicyclic) bond motifs is 3. The normalized spacial score (nSPS) is 11.3. The first-order valence-corrected chi connectivity index (χ1v) is 16.4. The zero-order valence-electron chi connectivity index (χ0n) is 26.4. The van der Waals surface area contributed by atoms with Gasteiger partial charge in [0.25, 0.3) is 17.5 Å². The molecule has 5 aromatic carbocycles. The van der Waals surface area contributed by atoms with E-state index in [4.69, 9.17) is 0 Å². The van der Waals surface area contributed by atoms with E-state index in [2.05, 4.69) is 39.6 Å². The number of hydrogen-bond donors (Lipinski definition) is 3. The molecule has 244 valence electrons. The number of aryl methyl sites for hydroxylation is 1. The number of carbonyl (C=O) groups is 3. The van der Waals surface area contributed by atoms with E-state index in [-0.39, 0.29) is 23.0 Å². The van der Waals surface area contributed by atoms with E-state index in [1.165, 1.54) is 42.1 Å². The zero-order valence-corrected chi connectivity index (χ0v) is 27.2. The van der Waals surface area contributed by atoms with Crippen molar-refractivity contribution in [3.63, 3.8) is 0 Å². The van der Waals surface area contributed by atoms with Gasteiger partial charge in [-0.25, -0.2) is 0 Å². The number of non-ortho nitro benzene ring substituents is 1. The molecule has 0 bridgehead atoms. The second-order valence-corrected chi connectivity index (χ2v) is 12.1. The standard InChI is InChI=1S/C38H31N5O5S/c1-2-42-34-11-7-6-10-31(34)32-23-28(16-21-35(32)42)39-36(44)24-49-30-19-14-27(15-20-30)40-38(46)33(41-37(45)26-8-4-3-5-9-26)22-25-12-17-29(18-13-25)43(47)48/h3-23H,2,24H2,1H3,(H,39,44)(H,40,46)(H,41,45)/b33-22-. The zero-order chi connectivity index (χ0) is 34.3. The summed E-state index contributed by atoms with van der Waals surface area (Å²) in [5.41, 5.74) is 4.19. The van der Waals surface area contributed by atoms with Crippen LogP contribution in [0.1, 0.15) is 22.8 Å². The number of benzene rings is 5. The Labute approximate surface area is 286 Å². The van der Waals surface area contributed by atoms with Crippen LogP contribution in [0.4, 0.5) is 17.1 Å². The molecule has 0 spiro atoms. The summed E-state index contributed by atoms with van der Waals surface area (Å²) in [7, 11) is 0. The van der Waals surface area contributed by atoms with Gasteiger partial charge in [-0.05, 0) is 91.4 Å². The number of anilines is 2. The number of nitro benzene ring substituents is 1. The Balaban J connectivity index is 1.10. The van der Waals surface area contributed by atoms with Crippen molar-refractivity contribution in [1.29, 1.82) is 0 Å². The van der Waals surface area contributed by atoms with Crippen LogP contribution in [0.3, 0.4) is 0 Å². The molecule has 11 heteroatoms. The van der Waals surface area contributed by atoms with Crippen LogP contribution in [0.15, 0.2) is 132 Å². The number of hydrogen-bond acceptors (Lipinski definition) is 6. The number of para-hydroxylation sites is 1. The monoisotopic (exact) mass is 669 g/mol. The lowest BCUT2D eigenvalue weighted by atomic mass is 10.1. The first kappa shape index (κ1) is 32.7. The summed E-state index contributed by atoms with van der Waals surface area (Å²) in [5, 5.41) is 21.7. The molecule has 3 N–H and O–H groups in total. The van der Waals surface area contributed by atoms with E-state index in [1.807, 2.05) is 30.3 Å². The molecule has 0 aliphatic carbocycles. The molecule has 0 radical (unpaired) electrons. The smallest absolute Gasteiger partial charge is 0.272 e. The van der Waals surface area contributed by atoms with Crippen LogP contribution in [0.25, 0.3) is 27.9 Å². The van der Waals surface area contributed by atoms with Gasteiger partial charge in [-0.1, -0.05) is 36.4 Å². The maximum absolute atomic E-state index is 13.3. The minimum Gasteiger partial charge on any atom is -0.341 e. The molecule has 0 fully saturated rings. The van der Waals surface area contributed by atoms with Gasteiger partial charge < -0.3 is 20.5 Å². The van der Waals surface area contributed by atoms with E-state index in [1.54, 1.807) is 54.6 Å². The molecule has 6 aromatic rings. The number of rotatable bonds is 11. The summed E-state index contributed by atoms with van der Waals surface area (Å²) in [6.45, 7) is 2.96. The molecule has 0 aliphatic heterocycles. The van der Waals surface area contributed by atoms with Crippen LogP contribution in [0.2, 0.25) is 0 Å². The third-order valence-corrected chi connectivity index (χ3v) is 8.81. The van der Waals surface area contributed by atoms with Crippen molar-refractivity contribution in [3.05, 3.63) is 148 Å². The fraction of sp³-hybridized carbons (Fsp3) is 0.0789. The molecule has 0 atom stereocenters. The summed E-state index contributed by atoms with van der Waals surface area (Å²) < 4.78 is 2.26. The lowest BCUT2D eigenvalue weighted by molar-refractivity contribution is -0.384. The van der Waals surface area contributed by atoms with Crippen LogP contribution >= 0.6 is 11.8 Å². The van der Waals surface area contributed by atoms with Crippen molar-refractivity contribution in [2.75, 3.05) is 16.4 Å². The number of nitrogens with zero attached hydrogens (tertiary/aromatic N) is 2. The highest BCUT2D eigenvalue weighted by atomic mass is 32.2. The van der Waals surface area contributed by atoms with E-state index in [0.29, 0.717) is 16.8 Å². The molecule has 49 heavy (non-hydrogen) atoms. The second kappa shape index (κ2) is 14.7. The predicted octanol–water partition coefficient (Wildman–Crippen LogP) is 7.86. The lowest BCUT2D eigenvalue weighted by Crippen LogP contribution is -2.30. The summed E-state index contributed by atoms with van der Waals surface area (Å²) in [6, 6.07) is 35.3. The first-order valence-electron chi connectivity index (χ1n) is 15.5. The average Bonchev–Trinajstić information content (AvgIpc) is 3.44. The number of thioether (sulfide) groups is 1. The maximum atomic E-state index is 13.3. The predicted molar refractivity (Wildman–Crippen MR) is 195 cm³/mol. The molecular weight excluding hydrogens is 639 g/mol. The Kier molecular flexibility index (Phi) is 9.82. The summed E-state index contributed by atoms with van der Waals surface area (Å²) in [6.07, 6.45) is 1.45. The van der Waals surface area contributed by atoms with Gasteiger partial charge in [0, 0.05) is 62.3 Å². The Hall–Kier alpha value is -6.20. The van der Waals surface area contributed by atoms with Crippen LogP contribution in [0.5, 0.6) is 0 Å². The summed E-state index contributed by atoms with van der Waals surface area (Å²) >= 11 is 1.36.